The SMILES string of the molecule is C[C@H]1[C@H](Oc2ccc(Nc3ccc(F)cc3)c(C=N)c2)c2cccc(F)c2N1C(=O)C(C)(C)C. The van der Waals surface area contributed by atoms with E-state index in [0.717, 1.165) is 0 Å². The number of nitrogens with zero attached hydrogens (tertiary/aromatic N) is 1. The van der Waals surface area contributed by atoms with Crippen LogP contribution in [0.25, 0.3) is 0 Å². The van der Waals surface area contributed by atoms with Gasteiger partial charge in [0.1, 0.15) is 23.5 Å². The smallest absolute Gasteiger partial charge is 0.232 e. The number of halogens is 2. The maximum Gasteiger partial charge on any atom is 0.232 e. The second-order valence-corrected chi connectivity index (χ2v) is 9.41. The summed E-state index contributed by atoms with van der Waals surface area (Å²) in [6.45, 7) is 7.26. The average Bonchev–Trinajstić information content (AvgIpc) is 3.07. The molecule has 0 saturated carbocycles. The van der Waals surface area contributed by atoms with Crippen LogP contribution in [-0.4, -0.2) is 18.2 Å². The van der Waals surface area contributed by atoms with Crippen LogP contribution in [0, 0.1) is 22.5 Å². The lowest BCUT2D eigenvalue weighted by Crippen LogP contribution is -2.44. The molecule has 0 bridgehead atoms. The lowest BCUT2D eigenvalue weighted by Gasteiger charge is -2.31. The normalized spacial score (nSPS) is 17.3. The van der Waals surface area contributed by atoms with E-state index in [0.29, 0.717) is 28.3 Å². The van der Waals surface area contributed by atoms with Crippen LogP contribution in [0.1, 0.15) is 44.9 Å². The van der Waals surface area contributed by atoms with Crippen molar-refractivity contribution >= 4 is 29.2 Å². The van der Waals surface area contributed by atoms with E-state index >= 15 is 0 Å². The highest BCUT2D eigenvalue weighted by molar-refractivity contribution is 5.99. The van der Waals surface area contributed by atoms with Gasteiger partial charge in [0.05, 0.1) is 11.7 Å². The van der Waals surface area contributed by atoms with Gasteiger partial charge in [0.2, 0.25) is 5.91 Å². The summed E-state index contributed by atoms with van der Waals surface area (Å²) in [5.74, 6) is -0.494. The number of rotatable bonds is 5. The number of amides is 1. The second-order valence-electron chi connectivity index (χ2n) is 9.41. The molecule has 0 fully saturated rings. The van der Waals surface area contributed by atoms with Gasteiger partial charge >= 0.3 is 0 Å². The largest absolute Gasteiger partial charge is 0.483 e. The van der Waals surface area contributed by atoms with Crippen molar-refractivity contribution in [2.24, 2.45) is 5.41 Å². The predicted molar refractivity (Wildman–Crippen MR) is 130 cm³/mol. The van der Waals surface area contributed by atoms with Crippen molar-refractivity contribution in [2.75, 3.05) is 10.2 Å². The zero-order valence-electron chi connectivity index (χ0n) is 19.5. The van der Waals surface area contributed by atoms with Crippen LogP contribution >= 0.6 is 0 Å². The molecule has 3 aromatic rings. The first-order chi connectivity index (χ1) is 16.1. The van der Waals surface area contributed by atoms with Gasteiger partial charge in [0.15, 0.2) is 0 Å². The minimum absolute atomic E-state index is 0.184. The van der Waals surface area contributed by atoms with E-state index in [1.165, 1.54) is 29.3 Å². The Morgan fingerprint density at radius 3 is 2.44 bits per heavy atom. The molecule has 0 aliphatic carbocycles. The molecule has 2 atom stereocenters. The van der Waals surface area contributed by atoms with Crippen LogP contribution in [0.4, 0.5) is 25.8 Å². The fourth-order valence-electron chi connectivity index (χ4n) is 4.11. The molecule has 4 rings (SSSR count). The zero-order valence-corrected chi connectivity index (χ0v) is 19.5. The Labute approximate surface area is 197 Å². The van der Waals surface area contributed by atoms with E-state index in [-0.39, 0.29) is 17.4 Å². The molecule has 1 aliphatic heterocycles. The van der Waals surface area contributed by atoms with Crippen molar-refractivity contribution in [1.29, 1.82) is 5.41 Å². The fraction of sp³-hybridized carbons (Fsp3) is 0.259. The van der Waals surface area contributed by atoms with Gasteiger partial charge in [0.25, 0.3) is 0 Å². The first-order valence-electron chi connectivity index (χ1n) is 11.1. The molecular weight excluding hydrogens is 436 g/mol. The van der Waals surface area contributed by atoms with Crippen molar-refractivity contribution < 1.29 is 18.3 Å². The molecule has 1 heterocycles. The third kappa shape index (κ3) is 4.38. The van der Waals surface area contributed by atoms with Crippen molar-refractivity contribution in [3.8, 4) is 5.75 Å². The third-order valence-corrected chi connectivity index (χ3v) is 5.84. The van der Waals surface area contributed by atoms with E-state index in [4.69, 9.17) is 10.1 Å². The zero-order chi connectivity index (χ0) is 24.6. The Kier molecular flexibility index (Phi) is 6.13. The predicted octanol–water partition coefficient (Wildman–Crippen LogP) is 6.61. The van der Waals surface area contributed by atoms with E-state index in [1.807, 2.05) is 6.92 Å². The number of ether oxygens (including phenoxy) is 1. The Bertz CT molecular complexity index is 1240. The van der Waals surface area contributed by atoms with Crippen LogP contribution < -0.4 is 15.0 Å². The quantitative estimate of drug-likeness (QED) is 0.419. The molecule has 34 heavy (non-hydrogen) atoms. The van der Waals surface area contributed by atoms with Crippen molar-refractivity contribution in [3.05, 3.63) is 83.4 Å². The molecule has 0 radical (unpaired) electrons. The Balaban J connectivity index is 1.64. The number of hydrogen-bond acceptors (Lipinski definition) is 4. The maximum atomic E-state index is 14.9. The summed E-state index contributed by atoms with van der Waals surface area (Å²) in [7, 11) is 0. The van der Waals surface area contributed by atoms with Gasteiger partial charge in [0, 0.05) is 34.1 Å². The lowest BCUT2D eigenvalue weighted by atomic mass is 9.94. The Morgan fingerprint density at radius 2 is 1.79 bits per heavy atom. The molecule has 1 aliphatic rings. The van der Waals surface area contributed by atoms with Crippen molar-refractivity contribution in [1.82, 2.24) is 0 Å². The van der Waals surface area contributed by atoms with E-state index < -0.39 is 23.4 Å². The molecule has 7 heteroatoms. The van der Waals surface area contributed by atoms with Gasteiger partial charge in [-0.05, 0) is 55.5 Å². The first-order valence-corrected chi connectivity index (χ1v) is 11.1. The minimum Gasteiger partial charge on any atom is -0.483 e. The molecule has 176 valence electrons. The van der Waals surface area contributed by atoms with Crippen LogP contribution in [-0.2, 0) is 4.79 Å². The number of para-hydroxylation sites is 1. The number of anilines is 3. The number of nitrogens with one attached hydrogen (secondary N) is 2. The van der Waals surface area contributed by atoms with E-state index in [2.05, 4.69) is 5.32 Å². The molecule has 5 nitrogen and oxygen atoms in total. The summed E-state index contributed by atoms with van der Waals surface area (Å²) in [4.78, 5) is 14.7. The van der Waals surface area contributed by atoms with Gasteiger partial charge < -0.3 is 20.4 Å². The maximum absolute atomic E-state index is 14.9. The first kappa shape index (κ1) is 23.4. The van der Waals surface area contributed by atoms with E-state index in [9.17, 15) is 13.6 Å². The highest BCUT2D eigenvalue weighted by atomic mass is 19.1. The highest BCUT2D eigenvalue weighted by Crippen LogP contribution is 2.45. The molecule has 0 unspecified atom stereocenters. The molecule has 3 aromatic carbocycles. The summed E-state index contributed by atoms with van der Waals surface area (Å²) in [5, 5.41) is 11.0. The van der Waals surface area contributed by atoms with Crippen molar-refractivity contribution in [3.63, 3.8) is 0 Å². The number of benzene rings is 3. The van der Waals surface area contributed by atoms with Crippen molar-refractivity contribution in [2.45, 2.75) is 39.8 Å². The van der Waals surface area contributed by atoms with Gasteiger partial charge in [-0.3, -0.25) is 4.79 Å². The van der Waals surface area contributed by atoms with E-state index in [1.54, 1.807) is 63.2 Å². The van der Waals surface area contributed by atoms with Gasteiger partial charge in [-0.15, -0.1) is 0 Å². The van der Waals surface area contributed by atoms with Crippen LogP contribution in [0.5, 0.6) is 5.75 Å². The fourth-order valence-corrected chi connectivity index (χ4v) is 4.11. The third-order valence-electron chi connectivity index (χ3n) is 5.84. The summed E-state index contributed by atoms with van der Waals surface area (Å²) >= 11 is 0. The monoisotopic (exact) mass is 463 g/mol. The summed E-state index contributed by atoms with van der Waals surface area (Å²) in [6.07, 6.45) is 0.617. The molecule has 0 aromatic heterocycles. The number of carbonyl (C=O) groups is 1. The topological polar surface area (TPSA) is 65.4 Å². The number of fused-ring (bicyclic) bond motifs is 1. The summed E-state index contributed by atoms with van der Waals surface area (Å²) in [6, 6.07) is 15.5. The van der Waals surface area contributed by atoms with Crippen LogP contribution in [0.3, 0.4) is 0 Å². The number of hydrogen-bond donors (Lipinski definition) is 2. The molecule has 1 amide bonds. The molecular formula is C27H27F2N3O2. The lowest BCUT2D eigenvalue weighted by molar-refractivity contribution is -0.126. The summed E-state index contributed by atoms with van der Waals surface area (Å²) < 4.78 is 34.3. The minimum atomic E-state index is -0.691. The average molecular weight is 464 g/mol. The molecule has 0 saturated heterocycles. The second kappa shape index (κ2) is 8.89. The summed E-state index contributed by atoms with van der Waals surface area (Å²) in [5.41, 5.74) is 2.07. The van der Waals surface area contributed by atoms with Gasteiger partial charge in [-0.1, -0.05) is 32.9 Å². The standard InChI is InChI=1S/C27H27F2N3O2/c1-16-25(21-6-5-7-22(29)24(21)32(16)26(33)27(2,3)4)34-20-12-13-23(17(14-20)15-30)31-19-10-8-18(28)9-11-19/h5-16,25,30-31H,1-4H3/t16-,25-/m0/s1. The molecule has 2 N–H and O–H groups in total. The van der Waals surface area contributed by atoms with Crippen LogP contribution in [0.2, 0.25) is 0 Å². The highest BCUT2D eigenvalue weighted by Gasteiger charge is 2.45. The van der Waals surface area contributed by atoms with Gasteiger partial charge in [-0.2, -0.15) is 0 Å². The Morgan fingerprint density at radius 1 is 1.09 bits per heavy atom. The molecule has 0 spiro atoms. The van der Waals surface area contributed by atoms with Crippen LogP contribution in [0.15, 0.2) is 60.7 Å². The Hall–Kier alpha value is -3.74. The number of carbonyl (C=O) groups excluding carboxylic acids is 1. The van der Waals surface area contributed by atoms with Gasteiger partial charge in [-0.25, -0.2) is 8.78 Å².